The van der Waals surface area contributed by atoms with E-state index in [0.29, 0.717) is 17.9 Å². The Morgan fingerprint density at radius 2 is 2.06 bits per heavy atom. The molecule has 4 nitrogen and oxygen atoms in total. The largest absolute Gasteiger partial charge is 0.396 e. The molecule has 0 aromatic carbocycles. The van der Waals surface area contributed by atoms with Crippen LogP contribution in [-0.2, 0) is 4.79 Å². The zero-order chi connectivity index (χ0) is 12.3. The number of carbonyl (C=O) groups excluding carboxylic acids is 1. The highest BCUT2D eigenvalue weighted by atomic mass is 16.3. The molecular weight excluding hydrogens is 216 g/mol. The lowest BCUT2D eigenvalue weighted by Crippen LogP contribution is -2.50. The lowest BCUT2D eigenvalue weighted by Gasteiger charge is -2.37. The number of carbonyl (C=O) groups is 1. The molecule has 0 aromatic rings. The van der Waals surface area contributed by atoms with Crippen molar-refractivity contribution in [2.45, 2.75) is 38.6 Å². The third kappa shape index (κ3) is 2.99. The summed E-state index contributed by atoms with van der Waals surface area (Å²) in [5.41, 5.74) is 0. The molecule has 2 fully saturated rings. The Labute approximate surface area is 103 Å². The van der Waals surface area contributed by atoms with Crippen molar-refractivity contribution in [1.82, 2.24) is 10.2 Å². The molecule has 0 radical (unpaired) electrons. The van der Waals surface area contributed by atoms with Gasteiger partial charge in [-0.1, -0.05) is 0 Å². The van der Waals surface area contributed by atoms with Crippen molar-refractivity contribution in [3.8, 4) is 0 Å². The molecule has 2 heterocycles. The number of hydrogen-bond donors (Lipinski definition) is 2. The van der Waals surface area contributed by atoms with Gasteiger partial charge >= 0.3 is 0 Å². The van der Waals surface area contributed by atoms with E-state index in [4.69, 9.17) is 5.11 Å². The van der Waals surface area contributed by atoms with Crippen LogP contribution in [0.5, 0.6) is 0 Å². The van der Waals surface area contributed by atoms with Crippen LogP contribution in [-0.4, -0.2) is 48.2 Å². The van der Waals surface area contributed by atoms with E-state index >= 15 is 0 Å². The summed E-state index contributed by atoms with van der Waals surface area (Å²) in [4.78, 5) is 14.4. The minimum atomic E-state index is 0.162. The molecular formula is C13H24N2O2. The Balaban J connectivity index is 1.87. The molecule has 0 aromatic heterocycles. The number of rotatable bonds is 2. The fraction of sp³-hybridized carbons (Fsp3) is 0.923. The van der Waals surface area contributed by atoms with Crippen molar-refractivity contribution in [2.75, 3.05) is 26.2 Å². The zero-order valence-corrected chi connectivity index (χ0v) is 10.7. The molecule has 4 heteroatoms. The van der Waals surface area contributed by atoms with Gasteiger partial charge in [-0.25, -0.2) is 0 Å². The van der Waals surface area contributed by atoms with Crippen LogP contribution in [0.4, 0.5) is 0 Å². The Morgan fingerprint density at radius 1 is 1.35 bits per heavy atom. The SMILES string of the molecule is CC1NCCCC1C(=O)N1CCC(CO)CC1. The van der Waals surface area contributed by atoms with Crippen molar-refractivity contribution >= 4 is 5.91 Å². The van der Waals surface area contributed by atoms with Gasteiger partial charge < -0.3 is 15.3 Å². The summed E-state index contributed by atoms with van der Waals surface area (Å²) in [6.45, 7) is 5.07. The quantitative estimate of drug-likeness (QED) is 0.743. The van der Waals surface area contributed by atoms with Crippen molar-refractivity contribution in [2.24, 2.45) is 11.8 Å². The third-order valence-corrected chi connectivity index (χ3v) is 4.26. The van der Waals surface area contributed by atoms with Crippen molar-refractivity contribution in [3.05, 3.63) is 0 Å². The van der Waals surface area contributed by atoms with Crippen LogP contribution in [0.25, 0.3) is 0 Å². The average molecular weight is 240 g/mol. The number of nitrogens with one attached hydrogen (secondary N) is 1. The summed E-state index contributed by atoms with van der Waals surface area (Å²) < 4.78 is 0. The van der Waals surface area contributed by atoms with Gasteiger partial charge in [0.15, 0.2) is 0 Å². The monoisotopic (exact) mass is 240 g/mol. The third-order valence-electron chi connectivity index (χ3n) is 4.26. The number of aliphatic hydroxyl groups is 1. The normalized spacial score (nSPS) is 31.5. The second-order valence-corrected chi connectivity index (χ2v) is 5.44. The van der Waals surface area contributed by atoms with E-state index in [-0.39, 0.29) is 12.5 Å². The smallest absolute Gasteiger partial charge is 0.227 e. The minimum absolute atomic E-state index is 0.162. The minimum Gasteiger partial charge on any atom is -0.396 e. The van der Waals surface area contributed by atoms with Gasteiger partial charge in [-0.3, -0.25) is 4.79 Å². The van der Waals surface area contributed by atoms with E-state index in [1.165, 1.54) is 0 Å². The first-order valence-electron chi connectivity index (χ1n) is 6.85. The molecule has 0 aliphatic carbocycles. The molecule has 98 valence electrons. The summed E-state index contributed by atoms with van der Waals surface area (Å²) in [6.07, 6.45) is 4.04. The van der Waals surface area contributed by atoms with E-state index in [2.05, 4.69) is 12.2 Å². The second-order valence-electron chi connectivity index (χ2n) is 5.44. The summed E-state index contributed by atoms with van der Waals surface area (Å²) in [5, 5.41) is 12.5. The summed E-state index contributed by atoms with van der Waals surface area (Å²) >= 11 is 0. The van der Waals surface area contributed by atoms with Gasteiger partial charge in [-0.2, -0.15) is 0 Å². The predicted molar refractivity (Wildman–Crippen MR) is 66.6 cm³/mol. The maximum Gasteiger partial charge on any atom is 0.227 e. The first-order valence-corrected chi connectivity index (χ1v) is 6.85. The second kappa shape index (κ2) is 5.83. The van der Waals surface area contributed by atoms with Crippen LogP contribution in [0, 0.1) is 11.8 Å². The predicted octanol–water partition coefficient (Wildman–Crippen LogP) is 0.605. The number of nitrogens with zero attached hydrogens (tertiary/aromatic N) is 1. The first kappa shape index (κ1) is 12.8. The van der Waals surface area contributed by atoms with E-state index in [1.807, 2.05) is 4.90 Å². The van der Waals surface area contributed by atoms with Crippen LogP contribution in [0.1, 0.15) is 32.6 Å². The molecule has 2 saturated heterocycles. The Hall–Kier alpha value is -0.610. The van der Waals surface area contributed by atoms with Gasteiger partial charge in [0.1, 0.15) is 0 Å². The van der Waals surface area contributed by atoms with Crippen LogP contribution in [0.15, 0.2) is 0 Å². The highest BCUT2D eigenvalue weighted by Gasteiger charge is 2.32. The molecule has 0 bridgehead atoms. The van der Waals surface area contributed by atoms with Crippen molar-refractivity contribution in [3.63, 3.8) is 0 Å². The van der Waals surface area contributed by atoms with Crippen molar-refractivity contribution in [1.29, 1.82) is 0 Å². The zero-order valence-electron chi connectivity index (χ0n) is 10.7. The van der Waals surface area contributed by atoms with Crippen LogP contribution < -0.4 is 5.32 Å². The standard InChI is InChI=1S/C13H24N2O2/c1-10-12(3-2-6-14-10)13(17)15-7-4-11(9-16)5-8-15/h10-12,14,16H,2-9H2,1H3. The highest BCUT2D eigenvalue weighted by Crippen LogP contribution is 2.23. The number of hydrogen-bond acceptors (Lipinski definition) is 3. The van der Waals surface area contributed by atoms with Gasteiger partial charge in [0, 0.05) is 25.7 Å². The van der Waals surface area contributed by atoms with Crippen LogP contribution in [0.3, 0.4) is 0 Å². The molecule has 1 amide bonds. The van der Waals surface area contributed by atoms with Crippen molar-refractivity contribution < 1.29 is 9.90 Å². The molecule has 2 N–H and O–H groups in total. The molecule has 0 saturated carbocycles. The molecule has 2 aliphatic rings. The van der Waals surface area contributed by atoms with Crippen LogP contribution in [0.2, 0.25) is 0 Å². The van der Waals surface area contributed by atoms with Gasteiger partial charge in [-0.15, -0.1) is 0 Å². The molecule has 2 rings (SSSR count). The van der Waals surface area contributed by atoms with Crippen LogP contribution >= 0.6 is 0 Å². The fourth-order valence-corrected chi connectivity index (χ4v) is 2.95. The van der Waals surface area contributed by atoms with Gasteiger partial charge in [0.2, 0.25) is 5.91 Å². The maximum absolute atomic E-state index is 12.4. The number of aliphatic hydroxyl groups excluding tert-OH is 1. The van der Waals surface area contributed by atoms with Gasteiger partial charge in [-0.05, 0) is 45.1 Å². The Morgan fingerprint density at radius 3 is 2.65 bits per heavy atom. The lowest BCUT2D eigenvalue weighted by atomic mass is 9.89. The Kier molecular flexibility index (Phi) is 4.40. The lowest BCUT2D eigenvalue weighted by molar-refractivity contribution is -0.138. The molecule has 0 spiro atoms. The summed E-state index contributed by atoms with van der Waals surface area (Å²) in [6, 6.07) is 0.312. The van der Waals surface area contributed by atoms with E-state index < -0.39 is 0 Å². The topological polar surface area (TPSA) is 52.6 Å². The van der Waals surface area contributed by atoms with E-state index in [0.717, 1.165) is 45.3 Å². The summed E-state index contributed by atoms with van der Waals surface area (Å²) in [5.74, 6) is 0.886. The molecule has 2 aliphatic heterocycles. The van der Waals surface area contributed by atoms with Gasteiger partial charge in [0.25, 0.3) is 0 Å². The highest BCUT2D eigenvalue weighted by molar-refractivity contribution is 5.79. The number of likely N-dealkylation sites (tertiary alicyclic amines) is 1. The molecule has 17 heavy (non-hydrogen) atoms. The van der Waals surface area contributed by atoms with Gasteiger partial charge in [0.05, 0.1) is 5.92 Å². The van der Waals surface area contributed by atoms with E-state index in [1.54, 1.807) is 0 Å². The average Bonchev–Trinajstić information content (AvgIpc) is 2.39. The maximum atomic E-state index is 12.4. The first-order chi connectivity index (χ1) is 8.22. The fourth-order valence-electron chi connectivity index (χ4n) is 2.95. The molecule has 2 unspecified atom stereocenters. The molecule has 2 atom stereocenters. The Bertz CT molecular complexity index is 262. The number of piperidine rings is 2. The summed E-state index contributed by atoms with van der Waals surface area (Å²) in [7, 11) is 0. The number of amides is 1. The van der Waals surface area contributed by atoms with E-state index in [9.17, 15) is 4.79 Å².